The fourth-order valence-corrected chi connectivity index (χ4v) is 1.75. The van der Waals surface area contributed by atoms with Crippen LogP contribution in [0.5, 0.6) is 0 Å². The second kappa shape index (κ2) is 5.98. The van der Waals surface area contributed by atoms with Crippen molar-refractivity contribution in [1.82, 2.24) is 4.90 Å². The van der Waals surface area contributed by atoms with Gasteiger partial charge in [0.1, 0.15) is 6.04 Å². The highest BCUT2D eigenvalue weighted by Gasteiger charge is 2.26. The van der Waals surface area contributed by atoms with Gasteiger partial charge in [0.25, 0.3) is 0 Å². The average Bonchev–Trinajstić information content (AvgIpc) is 2.19. The first-order valence-corrected chi connectivity index (χ1v) is 5.30. The van der Waals surface area contributed by atoms with Crippen LogP contribution in [-0.4, -0.2) is 48.3 Å². The first-order chi connectivity index (χ1) is 6.75. The molecule has 0 aliphatic carbocycles. The van der Waals surface area contributed by atoms with Gasteiger partial charge in [0.2, 0.25) is 0 Å². The number of ether oxygens (including phenoxy) is 1. The molecule has 0 radical (unpaired) electrons. The maximum atomic E-state index is 11.0. The number of hydrogen-bond acceptors (Lipinski definition) is 3. The molecule has 0 aromatic rings. The molecular formula is C10H19NO3. The Hall–Kier alpha value is -0.610. The number of carboxylic acids is 1. The number of unbranched alkanes of at least 4 members (excludes halogenated alkanes) is 1. The van der Waals surface area contributed by atoms with Crippen molar-refractivity contribution in [1.29, 1.82) is 0 Å². The van der Waals surface area contributed by atoms with Gasteiger partial charge in [0, 0.05) is 13.1 Å². The lowest BCUT2D eigenvalue weighted by Crippen LogP contribution is -2.47. The molecule has 1 saturated heterocycles. The standard InChI is InChI=1S/C10H19NO3/c1-2-3-4-9(10(12)13)11-5-7-14-8-6-11/h9H,2-8H2,1H3,(H,12,13). The van der Waals surface area contributed by atoms with Crippen molar-refractivity contribution in [3.63, 3.8) is 0 Å². The third kappa shape index (κ3) is 3.27. The summed E-state index contributed by atoms with van der Waals surface area (Å²) in [5, 5.41) is 9.07. The largest absolute Gasteiger partial charge is 0.480 e. The summed E-state index contributed by atoms with van der Waals surface area (Å²) < 4.78 is 5.20. The Bertz CT molecular complexity index is 178. The lowest BCUT2D eigenvalue weighted by Gasteiger charge is -2.31. The van der Waals surface area contributed by atoms with Gasteiger partial charge >= 0.3 is 5.97 Å². The third-order valence-electron chi connectivity index (χ3n) is 2.60. The van der Waals surface area contributed by atoms with E-state index in [0.29, 0.717) is 13.2 Å². The Morgan fingerprint density at radius 3 is 2.64 bits per heavy atom. The van der Waals surface area contributed by atoms with Crippen molar-refractivity contribution in [3.8, 4) is 0 Å². The van der Waals surface area contributed by atoms with Crippen LogP contribution in [0, 0.1) is 0 Å². The van der Waals surface area contributed by atoms with E-state index in [1.807, 2.05) is 4.90 Å². The number of morpholine rings is 1. The number of aliphatic carboxylic acids is 1. The van der Waals surface area contributed by atoms with Crippen molar-refractivity contribution >= 4 is 5.97 Å². The van der Waals surface area contributed by atoms with E-state index in [4.69, 9.17) is 9.84 Å². The molecular weight excluding hydrogens is 182 g/mol. The molecule has 4 nitrogen and oxygen atoms in total. The van der Waals surface area contributed by atoms with Crippen molar-refractivity contribution in [2.24, 2.45) is 0 Å². The van der Waals surface area contributed by atoms with Crippen LogP contribution in [0.1, 0.15) is 26.2 Å². The zero-order chi connectivity index (χ0) is 10.4. The third-order valence-corrected chi connectivity index (χ3v) is 2.60. The molecule has 14 heavy (non-hydrogen) atoms. The van der Waals surface area contributed by atoms with Crippen molar-refractivity contribution in [2.75, 3.05) is 26.3 Å². The van der Waals surface area contributed by atoms with Gasteiger partial charge in [0.15, 0.2) is 0 Å². The summed E-state index contributed by atoms with van der Waals surface area (Å²) in [6.07, 6.45) is 2.79. The number of rotatable bonds is 5. The molecule has 1 rings (SSSR count). The normalized spacial score (nSPS) is 20.6. The summed E-state index contributed by atoms with van der Waals surface area (Å²) in [6, 6.07) is -0.307. The molecule has 1 aliphatic rings. The summed E-state index contributed by atoms with van der Waals surface area (Å²) in [5.41, 5.74) is 0. The van der Waals surface area contributed by atoms with E-state index in [2.05, 4.69) is 6.92 Å². The van der Waals surface area contributed by atoms with Crippen LogP contribution in [0.15, 0.2) is 0 Å². The van der Waals surface area contributed by atoms with E-state index in [1.165, 1.54) is 0 Å². The van der Waals surface area contributed by atoms with Crippen LogP contribution in [-0.2, 0) is 9.53 Å². The number of carboxylic acid groups (broad SMARTS) is 1. The van der Waals surface area contributed by atoms with Crippen molar-refractivity contribution < 1.29 is 14.6 Å². The molecule has 1 unspecified atom stereocenters. The highest BCUT2D eigenvalue weighted by Crippen LogP contribution is 2.11. The van der Waals surface area contributed by atoms with E-state index in [-0.39, 0.29) is 6.04 Å². The molecule has 0 bridgehead atoms. The first-order valence-electron chi connectivity index (χ1n) is 5.30. The van der Waals surface area contributed by atoms with Crippen molar-refractivity contribution in [2.45, 2.75) is 32.2 Å². The Balaban J connectivity index is 2.43. The summed E-state index contributed by atoms with van der Waals surface area (Å²) in [4.78, 5) is 13.0. The Labute approximate surface area is 84.8 Å². The molecule has 1 fully saturated rings. The van der Waals surface area contributed by atoms with E-state index < -0.39 is 5.97 Å². The molecule has 4 heteroatoms. The average molecular weight is 201 g/mol. The van der Waals surface area contributed by atoms with Gasteiger partial charge in [0.05, 0.1) is 13.2 Å². The lowest BCUT2D eigenvalue weighted by atomic mass is 10.1. The minimum atomic E-state index is -0.694. The van der Waals surface area contributed by atoms with Gasteiger partial charge in [-0.1, -0.05) is 19.8 Å². The summed E-state index contributed by atoms with van der Waals surface area (Å²) in [7, 11) is 0. The van der Waals surface area contributed by atoms with Crippen LogP contribution in [0.3, 0.4) is 0 Å². The summed E-state index contributed by atoms with van der Waals surface area (Å²) in [5.74, 6) is -0.694. The minimum absolute atomic E-state index is 0.307. The van der Waals surface area contributed by atoms with Crippen LogP contribution in [0.4, 0.5) is 0 Å². The van der Waals surface area contributed by atoms with E-state index in [1.54, 1.807) is 0 Å². The molecule has 1 atom stereocenters. The molecule has 1 heterocycles. The highest BCUT2D eigenvalue weighted by atomic mass is 16.5. The van der Waals surface area contributed by atoms with Gasteiger partial charge in [-0.3, -0.25) is 9.69 Å². The zero-order valence-corrected chi connectivity index (χ0v) is 8.74. The van der Waals surface area contributed by atoms with Crippen LogP contribution in [0.2, 0.25) is 0 Å². The fourth-order valence-electron chi connectivity index (χ4n) is 1.75. The second-order valence-electron chi connectivity index (χ2n) is 3.64. The quantitative estimate of drug-likeness (QED) is 0.720. The molecule has 0 amide bonds. The SMILES string of the molecule is CCCCC(C(=O)O)N1CCOCC1. The maximum Gasteiger partial charge on any atom is 0.320 e. The molecule has 82 valence electrons. The predicted molar refractivity (Wildman–Crippen MR) is 53.3 cm³/mol. The van der Waals surface area contributed by atoms with E-state index >= 15 is 0 Å². The molecule has 0 saturated carbocycles. The lowest BCUT2D eigenvalue weighted by molar-refractivity contribution is -0.145. The topological polar surface area (TPSA) is 49.8 Å². The van der Waals surface area contributed by atoms with Gasteiger partial charge in [-0.15, -0.1) is 0 Å². The van der Waals surface area contributed by atoms with Gasteiger partial charge < -0.3 is 9.84 Å². The highest BCUT2D eigenvalue weighted by molar-refractivity contribution is 5.73. The van der Waals surface area contributed by atoms with Crippen LogP contribution < -0.4 is 0 Å². The molecule has 1 aliphatic heterocycles. The fraction of sp³-hybridized carbons (Fsp3) is 0.900. The summed E-state index contributed by atoms with van der Waals surface area (Å²) in [6.45, 7) is 4.91. The Morgan fingerprint density at radius 2 is 2.14 bits per heavy atom. The first kappa shape index (κ1) is 11.5. The van der Waals surface area contributed by atoms with Gasteiger partial charge in [-0.25, -0.2) is 0 Å². The smallest absolute Gasteiger partial charge is 0.320 e. The van der Waals surface area contributed by atoms with Crippen LogP contribution >= 0.6 is 0 Å². The predicted octanol–water partition coefficient (Wildman–Crippen LogP) is 0.962. The number of hydrogen-bond donors (Lipinski definition) is 1. The zero-order valence-electron chi connectivity index (χ0n) is 8.74. The second-order valence-corrected chi connectivity index (χ2v) is 3.64. The Morgan fingerprint density at radius 1 is 1.50 bits per heavy atom. The summed E-state index contributed by atoms with van der Waals surface area (Å²) >= 11 is 0. The number of carbonyl (C=O) groups is 1. The van der Waals surface area contributed by atoms with Gasteiger partial charge in [-0.05, 0) is 6.42 Å². The van der Waals surface area contributed by atoms with Gasteiger partial charge in [-0.2, -0.15) is 0 Å². The van der Waals surface area contributed by atoms with Crippen molar-refractivity contribution in [3.05, 3.63) is 0 Å². The Kier molecular flexibility index (Phi) is 4.90. The van der Waals surface area contributed by atoms with Crippen LogP contribution in [0.25, 0.3) is 0 Å². The van der Waals surface area contributed by atoms with E-state index in [9.17, 15) is 4.79 Å². The molecule has 0 aromatic carbocycles. The van der Waals surface area contributed by atoms with E-state index in [0.717, 1.165) is 32.4 Å². The minimum Gasteiger partial charge on any atom is -0.480 e. The molecule has 0 spiro atoms. The number of nitrogens with zero attached hydrogens (tertiary/aromatic N) is 1. The molecule has 1 N–H and O–H groups in total. The maximum absolute atomic E-state index is 11.0. The molecule has 0 aromatic heterocycles. The monoisotopic (exact) mass is 201 g/mol.